The minimum absolute atomic E-state index is 0.0451. The van der Waals surface area contributed by atoms with Crippen LogP contribution in [0.1, 0.15) is 12.1 Å². The maximum atomic E-state index is 10.8. The molecule has 1 unspecified atom stereocenters. The summed E-state index contributed by atoms with van der Waals surface area (Å²) in [4.78, 5) is 17.1. The van der Waals surface area contributed by atoms with Crippen molar-refractivity contribution >= 4 is 34.8 Å². The molecule has 0 fully saturated rings. The number of benzene rings is 1. The normalized spacial score (nSPS) is 12.6. The van der Waals surface area contributed by atoms with Crippen LogP contribution < -0.4 is 0 Å². The SMILES string of the molecule is CN(CCC(=O)O)C(O)Cc1c(-c2ccc(Cl)cc2)nc2ccc(Cl)cn12. The van der Waals surface area contributed by atoms with Gasteiger partial charge in [0, 0.05) is 29.7 Å². The van der Waals surface area contributed by atoms with Crippen molar-refractivity contribution < 1.29 is 15.0 Å². The van der Waals surface area contributed by atoms with Gasteiger partial charge in [-0.2, -0.15) is 0 Å². The molecule has 0 amide bonds. The molecule has 0 spiro atoms. The van der Waals surface area contributed by atoms with Crippen LogP contribution in [0.5, 0.6) is 0 Å². The Balaban J connectivity index is 1.98. The summed E-state index contributed by atoms with van der Waals surface area (Å²) in [5.41, 5.74) is 3.08. The van der Waals surface area contributed by atoms with Gasteiger partial charge < -0.3 is 14.6 Å². The smallest absolute Gasteiger partial charge is 0.304 e. The van der Waals surface area contributed by atoms with Gasteiger partial charge in [0.25, 0.3) is 0 Å². The number of imidazole rings is 1. The second kappa shape index (κ2) is 8.27. The van der Waals surface area contributed by atoms with Gasteiger partial charge in [0.05, 0.1) is 22.8 Å². The molecule has 1 atom stereocenters. The molecule has 2 aromatic heterocycles. The molecule has 0 radical (unpaired) electrons. The number of halogens is 2. The second-order valence-corrected chi connectivity index (χ2v) is 7.17. The zero-order valence-electron chi connectivity index (χ0n) is 14.6. The molecule has 0 aliphatic carbocycles. The van der Waals surface area contributed by atoms with Gasteiger partial charge in [0.2, 0.25) is 0 Å². The molecule has 6 nitrogen and oxygen atoms in total. The number of aromatic nitrogens is 2. The Kier molecular flexibility index (Phi) is 6.01. The number of likely N-dealkylation sites (N-methyl/N-ethyl adjacent to an activating group) is 1. The van der Waals surface area contributed by atoms with Crippen LogP contribution in [0.25, 0.3) is 16.9 Å². The van der Waals surface area contributed by atoms with E-state index >= 15 is 0 Å². The van der Waals surface area contributed by atoms with E-state index in [0.29, 0.717) is 15.7 Å². The number of hydrogen-bond acceptors (Lipinski definition) is 4. The monoisotopic (exact) mass is 407 g/mol. The third kappa shape index (κ3) is 4.59. The maximum absolute atomic E-state index is 10.8. The first-order valence-corrected chi connectivity index (χ1v) is 9.13. The molecule has 2 N–H and O–H groups in total. The van der Waals surface area contributed by atoms with Gasteiger partial charge in [0.15, 0.2) is 0 Å². The highest BCUT2D eigenvalue weighted by molar-refractivity contribution is 6.30. The number of carboxylic acids is 1. The largest absolute Gasteiger partial charge is 0.481 e. The van der Waals surface area contributed by atoms with Crippen molar-refractivity contribution in [2.24, 2.45) is 0 Å². The van der Waals surface area contributed by atoms with E-state index in [-0.39, 0.29) is 19.4 Å². The number of rotatable bonds is 7. The van der Waals surface area contributed by atoms with Crippen LogP contribution in [0.15, 0.2) is 42.6 Å². The molecule has 2 heterocycles. The van der Waals surface area contributed by atoms with Crippen LogP contribution in [0.3, 0.4) is 0 Å². The summed E-state index contributed by atoms with van der Waals surface area (Å²) in [7, 11) is 1.69. The summed E-state index contributed by atoms with van der Waals surface area (Å²) in [6, 6.07) is 10.9. The molecule has 0 saturated heterocycles. The molecule has 0 saturated carbocycles. The Morgan fingerprint density at radius 2 is 1.85 bits per heavy atom. The highest BCUT2D eigenvalue weighted by Crippen LogP contribution is 2.28. The summed E-state index contributed by atoms with van der Waals surface area (Å²) in [5.74, 6) is -0.905. The van der Waals surface area contributed by atoms with E-state index in [1.165, 1.54) is 0 Å². The number of aliphatic carboxylic acids is 1. The van der Waals surface area contributed by atoms with Crippen LogP contribution in [-0.4, -0.2) is 50.3 Å². The Hall–Kier alpha value is -2.12. The van der Waals surface area contributed by atoms with Crippen LogP contribution in [-0.2, 0) is 11.2 Å². The Morgan fingerprint density at radius 3 is 2.52 bits per heavy atom. The number of pyridine rings is 1. The molecular formula is C19H19Cl2N3O3. The van der Waals surface area contributed by atoms with E-state index in [0.717, 1.165) is 17.0 Å². The molecular weight excluding hydrogens is 389 g/mol. The number of aliphatic hydroxyl groups is 1. The molecule has 142 valence electrons. The lowest BCUT2D eigenvalue weighted by Gasteiger charge is -2.23. The van der Waals surface area contributed by atoms with Gasteiger partial charge in [-0.1, -0.05) is 35.3 Å². The fourth-order valence-corrected chi connectivity index (χ4v) is 3.14. The standard InChI is InChI=1S/C19H19Cl2N3O3/c1-23(9-8-18(26)27)17(25)10-15-19(12-2-4-13(20)5-3-12)22-16-7-6-14(21)11-24(15)16/h2-7,11,17,25H,8-10H2,1H3,(H,26,27). The minimum atomic E-state index is -0.905. The molecule has 8 heteroatoms. The third-order valence-corrected chi connectivity index (χ3v) is 4.84. The van der Waals surface area contributed by atoms with Crippen LogP contribution in [0.2, 0.25) is 10.0 Å². The van der Waals surface area contributed by atoms with E-state index < -0.39 is 12.2 Å². The summed E-state index contributed by atoms with van der Waals surface area (Å²) < 4.78 is 1.85. The molecule has 3 aromatic rings. The predicted octanol–water partition coefficient (Wildman–Crippen LogP) is 3.58. The Bertz CT molecular complexity index is 957. The van der Waals surface area contributed by atoms with Crippen LogP contribution >= 0.6 is 23.2 Å². The molecule has 27 heavy (non-hydrogen) atoms. The van der Waals surface area contributed by atoms with Gasteiger partial charge >= 0.3 is 5.97 Å². The van der Waals surface area contributed by atoms with Crippen molar-refractivity contribution in [3.8, 4) is 11.3 Å². The molecule has 1 aromatic carbocycles. The number of carbonyl (C=O) groups is 1. The Labute approximate surface area is 166 Å². The zero-order chi connectivity index (χ0) is 19.6. The predicted molar refractivity (Wildman–Crippen MR) is 105 cm³/mol. The van der Waals surface area contributed by atoms with Crippen molar-refractivity contribution in [1.29, 1.82) is 0 Å². The van der Waals surface area contributed by atoms with Gasteiger partial charge in [0.1, 0.15) is 11.9 Å². The van der Waals surface area contributed by atoms with Crippen molar-refractivity contribution in [3.05, 3.63) is 58.3 Å². The lowest BCUT2D eigenvalue weighted by Crippen LogP contribution is -2.35. The fourth-order valence-electron chi connectivity index (χ4n) is 2.85. The molecule has 0 bridgehead atoms. The lowest BCUT2D eigenvalue weighted by molar-refractivity contribution is -0.137. The highest BCUT2D eigenvalue weighted by Gasteiger charge is 2.20. The fraction of sp³-hybridized carbons (Fsp3) is 0.263. The van der Waals surface area contributed by atoms with Crippen molar-refractivity contribution in [3.63, 3.8) is 0 Å². The van der Waals surface area contributed by atoms with Crippen molar-refractivity contribution in [2.45, 2.75) is 19.1 Å². The lowest BCUT2D eigenvalue weighted by atomic mass is 10.1. The summed E-state index contributed by atoms with van der Waals surface area (Å²) in [6.45, 7) is 0.240. The average Bonchev–Trinajstić information content (AvgIpc) is 2.98. The average molecular weight is 408 g/mol. The van der Waals surface area contributed by atoms with Gasteiger partial charge in [-0.15, -0.1) is 0 Å². The van der Waals surface area contributed by atoms with E-state index in [4.69, 9.17) is 28.3 Å². The number of nitrogens with zero attached hydrogens (tertiary/aromatic N) is 3. The van der Waals surface area contributed by atoms with E-state index in [1.54, 1.807) is 36.3 Å². The maximum Gasteiger partial charge on any atom is 0.304 e. The Morgan fingerprint density at radius 1 is 1.19 bits per heavy atom. The topological polar surface area (TPSA) is 78.1 Å². The number of hydrogen-bond donors (Lipinski definition) is 2. The highest BCUT2D eigenvalue weighted by atomic mass is 35.5. The number of aliphatic hydroxyl groups excluding tert-OH is 1. The van der Waals surface area contributed by atoms with E-state index in [2.05, 4.69) is 4.98 Å². The van der Waals surface area contributed by atoms with E-state index in [9.17, 15) is 9.90 Å². The number of fused-ring (bicyclic) bond motifs is 1. The summed E-state index contributed by atoms with van der Waals surface area (Å²) in [6.07, 6.45) is 1.10. The third-order valence-electron chi connectivity index (χ3n) is 4.36. The first-order valence-electron chi connectivity index (χ1n) is 8.37. The van der Waals surface area contributed by atoms with Crippen molar-refractivity contribution in [1.82, 2.24) is 14.3 Å². The molecule has 3 rings (SSSR count). The van der Waals surface area contributed by atoms with Gasteiger partial charge in [-0.25, -0.2) is 4.98 Å². The van der Waals surface area contributed by atoms with E-state index in [1.807, 2.05) is 22.6 Å². The molecule has 0 aliphatic heterocycles. The van der Waals surface area contributed by atoms with Crippen LogP contribution in [0, 0.1) is 0 Å². The number of carboxylic acid groups (broad SMARTS) is 1. The zero-order valence-corrected chi connectivity index (χ0v) is 16.2. The van der Waals surface area contributed by atoms with Gasteiger partial charge in [-0.3, -0.25) is 9.69 Å². The summed E-state index contributed by atoms with van der Waals surface area (Å²) >= 11 is 12.1. The quantitative estimate of drug-likeness (QED) is 0.585. The first kappa shape index (κ1) is 19.6. The molecule has 0 aliphatic rings. The summed E-state index contributed by atoms with van der Waals surface area (Å²) in [5, 5.41) is 20.6. The van der Waals surface area contributed by atoms with Crippen LogP contribution in [0.4, 0.5) is 0 Å². The minimum Gasteiger partial charge on any atom is -0.481 e. The first-order chi connectivity index (χ1) is 12.8. The van der Waals surface area contributed by atoms with Gasteiger partial charge in [-0.05, 0) is 31.3 Å². The second-order valence-electron chi connectivity index (χ2n) is 6.30. The van der Waals surface area contributed by atoms with Crippen molar-refractivity contribution in [2.75, 3.05) is 13.6 Å².